The molecule has 3 rings (SSSR count). The zero-order valence-corrected chi connectivity index (χ0v) is 12.6. The van der Waals surface area contributed by atoms with Crippen molar-refractivity contribution in [3.8, 4) is 11.5 Å². The summed E-state index contributed by atoms with van der Waals surface area (Å²) < 4.78 is 0. The van der Waals surface area contributed by atoms with Gasteiger partial charge in [0.25, 0.3) is 0 Å². The lowest BCUT2D eigenvalue weighted by atomic mass is 9.69. The van der Waals surface area contributed by atoms with E-state index < -0.39 is 0 Å². The summed E-state index contributed by atoms with van der Waals surface area (Å²) in [5, 5.41) is 22.6. The second kappa shape index (κ2) is 4.39. The molecule has 0 heterocycles. The molecule has 2 bridgehead atoms. The molecule has 2 aliphatic rings. The van der Waals surface area contributed by atoms with Crippen LogP contribution < -0.4 is 5.32 Å². The van der Waals surface area contributed by atoms with Gasteiger partial charge in [0.2, 0.25) is 0 Å². The zero-order valence-electron chi connectivity index (χ0n) is 12.6. The lowest BCUT2D eigenvalue weighted by Gasteiger charge is -2.39. The summed E-state index contributed by atoms with van der Waals surface area (Å²) >= 11 is 0. The lowest BCUT2D eigenvalue weighted by molar-refractivity contribution is 0.120. The minimum atomic E-state index is -0.0539. The van der Waals surface area contributed by atoms with Crippen molar-refractivity contribution in [1.82, 2.24) is 5.32 Å². The Morgan fingerprint density at radius 3 is 2.50 bits per heavy atom. The fourth-order valence-corrected chi connectivity index (χ4v) is 4.43. The first-order valence-corrected chi connectivity index (χ1v) is 7.59. The second-order valence-corrected chi connectivity index (χ2v) is 7.37. The Morgan fingerprint density at radius 2 is 1.95 bits per heavy atom. The van der Waals surface area contributed by atoms with Gasteiger partial charge in [0.05, 0.1) is 0 Å². The molecule has 0 spiro atoms. The van der Waals surface area contributed by atoms with E-state index in [0.717, 1.165) is 18.0 Å². The van der Waals surface area contributed by atoms with Crippen molar-refractivity contribution in [2.45, 2.75) is 52.6 Å². The highest BCUT2D eigenvalue weighted by molar-refractivity contribution is 5.40. The van der Waals surface area contributed by atoms with Crippen molar-refractivity contribution in [3.05, 3.63) is 23.8 Å². The van der Waals surface area contributed by atoms with Gasteiger partial charge in [-0.1, -0.05) is 26.8 Å². The fraction of sp³-hybridized carbons (Fsp3) is 0.647. The van der Waals surface area contributed by atoms with Crippen LogP contribution in [0, 0.1) is 16.7 Å². The van der Waals surface area contributed by atoms with Gasteiger partial charge in [-0.05, 0) is 53.7 Å². The number of phenols is 2. The number of phenolic OH excluding ortho intramolecular Hbond substituents is 2. The molecule has 3 nitrogen and oxygen atoms in total. The predicted molar refractivity (Wildman–Crippen MR) is 79.6 cm³/mol. The third-order valence-electron chi connectivity index (χ3n) is 6.39. The van der Waals surface area contributed by atoms with Crippen molar-refractivity contribution >= 4 is 0 Å². The van der Waals surface area contributed by atoms with Crippen molar-refractivity contribution in [1.29, 1.82) is 0 Å². The molecule has 0 aliphatic heterocycles. The van der Waals surface area contributed by atoms with Gasteiger partial charge in [0.15, 0.2) is 11.5 Å². The van der Waals surface area contributed by atoms with Crippen molar-refractivity contribution in [2.24, 2.45) is 16.7 Å². The van der Waals surface area contributed by atoms with Crippen LogP contribution in [-0.2, 0) is 6.54 Å². The first kappa shape index (κ1) is 13.7. The Balaban J connectivity index is 1.69. The van der Waals surface area contributed by atoms with Crippen LogP contribution in [-0.4, -0.2) is 16.3 Å². The summed E-state index contributed by atoms with van der Waals surface area (Å²) in [5.74, 6) is 0.740. The van der Waals surface area contributed by atoms with E-state index in [0.29, 0.717) is 16.9 Å². The number of benzene rings is 1. The molecule has 3 atom stereocenters. The van der Waals surface area contributed by atoms with Gasteiger partial charge in [-0.15, -0.1) is 0 Å². The number of fused-ring (bicyclic) bond motifs is 2. The van der Waals surface area contributed by atoms with Crippen molar-refractivity contribution in [3.63, 3.8) is 0 Å². The van der Waals surface area contributed by atoms with Crippen molar-refractivity contribution in [2.75, 3.05) is 0 Å². The molecule has 3 unspecified atom stereocenters. The van der Waals surface area contributed by atoms with Gasteiger partial charge in [-0.2, -0.15) is 0 Å². The highest BCUT2D eigenvalue weighted by atomic mass is 16.3. The molecule has 3 heteroatoms. The molecule has 0 aromatic heterocycles. The van der Waals surface area contributed by atoms with Gasteiger partial charge in [0, 0.05) is 12.6 Å². The molecule has 2 aliphatic carbocycles. The molecule has 1 aromatic carbocycles. The Labute approximate surface area is 121 Å². The molecule has 0 amide bonds. The van der Waals surface area contributed by atoms with Crippen LogP contribution in [0.5, 0.6) is 11.5 Å². The van der Waals surface area contributed by atoms with Gasteiger partial charge >= 0.3 is 0 Å². The van der Waals surface area contributed by atoms with Crippen LogP contribution in [0.2, 0.25) is 0 Å². The summed E-state index contributed by atoms with van der Waals surface area (Å²) in [6.07, 6.45) is 3.93. The summed E-state index contributed by atoms with van der Waals surface area (Å²) in [6.45, 7) is 8.00. The lowest BCUT2D eigenvalue weighted by Crippen LogP contribution is -2.44. The highest BCUT2D eigenvalue weighted by Crippen LogP contribution is 2.65. The van der Waals surface area contributed by atoms with E-state index >= 15 is 0 Å². The van der Waals surface area contributed by atoms with E-state index in [1.165, 1.54) is 19.3 Å². The van der Waals surface area contributed by atoms with Gasteiger partial charge < -0.3 is 15.5 Å². The number of rotatable bonds is 3. The van der Waals surface area contributed by atoms with Crippen LogP contribution in [0.15, 0.2) is 18.2 Å². The summed E-state index contributed by atoms with van der Waals surface area (Å²) in [4.78, 5) is 0. The van der Waals surface area contributed by atoms with Crippen LogP contribution in [0.4, 0.5) is 0 Å². The average Bonchev–Trinajstić information content (AvgIpc) is 2.73. The first-order chi connectivity index (χ1) is 9.34. The standard InChI is InChI=1S/C17H25NO2/c1-16(2)12-6-7-17(16,3)15(9-12)18-10-11-4-5-13(19)14(20)8-11/h4-5,8,12,15,18-20H,6-7,9-10H2,1-3H3. The first-order valence-electron chi connectivity index (χ1n) is 7.59. The normalized spacial score (nSPS) is 34.5. The maximum Gasteiger partial charge on any atom is 0.157 e. The number of aromatic hydroxyl groups is 2. The van der Waals surface area contributed by atoms with Gasteiger partial charge in [-0.25, -0.2) is 0 Å². The quantitative estimate of drug-likeness (QED) is 0.741. The SMILES string of the molecule is CC1(C)C2CCC1(C)C(NCc1ccc(O)c(O)c1)C2. The van der Waals surface area contributed by atoms with Crippen molar-refractivity contribution < 1.29 is 10.2 Å². The molecule has 0 radical (unpaired) electrons. The summed E-state index contributed by atoms with van der Waals surface area (Å²) in [6, 6.07) is 5.61. The maximum atomic E-state index is 9.55. The molecule has 0 saturated heterocycles. The van der Waals surface area contributed by atoms with Crippen LogP contribution >= 0.6 is 0 Å². The predicted octanol–water partition coefficient (Wildman–Crippen LogP) is 3.40. The molecule has 2 saturated carbocycles. The minimum absolute atomic E-state index is 0.0382. The summed E-state index contributed by atoms with van der Waals surface area (Å²) in [7, 11) is 0. The fourth-order valence-electron chi connectivity index (χ4n) is 4.43. The smallest absolute Gasteiger partial charge is 0.157 e. The molecule has 20 heavy (non-hydrogen) atoms. The highest BCUT2D eigenvalue weighted by Gasteiger charge is 2.60. The molecule has 2 fully saturated rings. The number of hydrogen-bond acceptors (Lipinski definition) is 3. The molecular weight excluding hydrogens is 250 g/mol. The Morgan fingerprint density at radius 1 is 1.20 bits per heavy atom. The van der Waals surface area contributed by atoms with E-state index in [1.54, 1.807) is 12.1 Å². The van der Waals surface area contributed by atoms with Gasteiger partial charge in [0.1, 0.15) is 0 Å². The third-order valence-corrected chi connectivity index (χ3v) is 6.39. The van der Waals surface area contributed by atoms with Gasteiger partial charge in [-0.3, -0.25) is 0 Å². The van der Waals surface area contributed by atoms with E-state index in [4.69, 9.17) is 0 Å². The third kappa shape index (κ3) is 1.83. The van der Waals surface area contributed by atoms with E-state index in [9.17, 15) is 10.2 Å². The monoisotopic (exact) mass is 275 g/mol. The van der Waals surface area contributed by atoms with E-state index in [-0.39, 0.29) is 11.5 Å². The van der Waals surface area contributed by atoms with E-state index in [2.05, 4.69) is 26.1 Å². The maximum absolute atomic E-state index is 9.55. The number of nitrogens with one attached hydrogen (secondary N) is 1. The molecule has 3 N–H and O–H groups in total. The second-order valence-electron chi connectivity index (χ2n) is 7.37. The molecule has 110 valence electrons. The topological polar surface area (TPSA) is 52.5 Å². The Kier molecular flexibility index (Phi) is 3.02. The average molecular weight is 275 g/mol. The zero-order chi connectivity index (χ0) is 14.5. The minimum Gasteiger partial charge on any atom is -0.504 e. The number of hydrogen-bond donors (Lipinski definition) is 3. The molecular formula is C17H25NO2. The van der Waals surface area contributed by atoms with Crippen LogP contribution in [0.3, 0.4) is 0 Å². The van der Waals surface area contributed by atoms with Crippen LogP contribution in [0.25, 0.3) is 0 Å². The van der Waals surface area contributed by atoms with Crippen LogP contribution in [0.1, 0.15) is 45.6 Å². The molecule has 1 aromatic rings. The summed E-state index contributed by atoms with van der Waals surface area (Å²) in [5.41, 5.74) is 1.81. The Bertz CT molecular complexity index is 526. The largest absolute Gasteiger partial charge is 0.504 e. The van der Waals surface area contributed by atoms with E-state index in [1.807, 2.05) is 6.07 Å². The Hall–Kier alpha value is -1.22.